The van der Waals surface area contributed by atoms with Crippen LogP contribution in [0.1, 0.15) is 15.9 Å². The van der Waals surface area contributed by atoms with E-state index in [-0.39, 0.29) is 12.0 Å². The van der Waals surface area contributed by atoms with E-state index in [4.69, 9.17) is 0 Å². The molecule has 0 saturated heterocycles. The molecule has 2 aromatic carbocycles. The Bertz CT molecular complexity index is 579. The van der Waals surface area contributed by atoms with Gasteiger partial charge in [-0.3, -0.25) is 4.79 Å². The highest BCUT2D eigenvalue weighted by atomic mass is 79.9. The molecule has 4 heteroatoms. The second-order valence-corrected chi connectivity index (χ2v) is 4.77. The molecule has 0 atom stereocenters. The average Bonchev–Trinajstić information content (AvgIpc) is 2.35. The molecule has 0 unspecified atom stereocenters. The number of carbonyl (C=O) groups is 1. The van der Waals surface area contributed by atoms with Crippen LogP contribution in [-0.4, -0.2) is 5.78 Å². The summed E-state index contributed by atoms with van der Waals surface area (Å²) in [6, 6.07) is 10.00. The highest BCUT2D eigenvalue weighted by Crippen LogP contribution is 2.15. The summed E-state index contributed by atoms with van der Waals surface area (Å²) in [6.45, 7) is 0. The molecule has 92 valence electrons. The van der Waals surface area contributed by atoms with Gasteiger partial charge in [0.1, 0.15) is 11.6 Å². The van der Waals surface area contributed by atoms with Crippen LogP contribution in [0.3, 0.4) is 0 Å². The molecule has 0 N–H and O–H groups in total. The maximum Gasteiger partial charge on any atom is 0.170 e. The fourth-order valence-electron chi connectivity index (χ4n) is 1.59. The van der Waals surface area contributed by atoms with Crippen molar-refractivity contribution in [1.29, 1.82) is 0 Å². The number of rotatable bonds is 3. The van der Waals surface area contributed by atoms with Gasteiger partial charge in [-0.25, -0.2) is 8.78 Å². The van der Waals surface area contributed by atoms with Gasteiger partial charge in [0.15, 0.2) is 5.78 Å². The molecular formula is C14H9BrF2O. The van der Waals surface area contributed by atoms with Gasteiger partial charge >= 0.3 is 0 Å². The molecule has 1 nitrogen and oxygen atoms in total. The third-order valence-corrected chi connectivity index (χ3v) is 3.04. The Balaban J connectivity index is 2.21. The van der Waals surface area contributed by atoms with Crippen LogP contribution < -0.4 is 0 Å². The van der Waals surface area contributed by atoms with Crippen molar-refractivity contribution in [2.75, 3.05) is 0 Å². The summed E-state index contributed by atoms with van der Waals surface area (Å²) in [5.41, 5.74) is 0.546. The van der Waals surface area contributed by atoms with Crippen LogP contribution >= 0.6 is 15.9 Å². The first-order valence-corrected chi connectivity index (χ1v) is 6.08. The van der Waals surface area contributed by atoms with E-state index in [1.165, 1.54) is 0 Å². The van der Waals surface area contributed by atoms with Crippen molar-refractivity contribution < 1.29 is 13.6 Å². The van der Waals surface area contributed by atoms with Gasteiger partial charge in [-0.15, -0.1) is 0 Å². The maximum absolute atomic E-state index is 13.4. The summed E-state index contributed by atoms with van der Waals surface area (Å²) in [5, 5.41) is 0. The fourth-order valence-corrected chi connectivity index (χ4v) is 1.86. The lowest BCUT2D eigenvalue weighted by Gasteiger charge is -2.03. The average molecular weight is 311 g/mol. The van der Waals surface area contributed by atoms with Crippen LogP contribution in [0.2, 0.25) is 0 Å². The van der Waals surface area contributed by atoms with Gasteiger partial charge in [0.2, 0.25) is 0 Å². The zero-order valence-electron chi connectivity index (χ0n) is 9.29. The third-order valence-electron chi connectivity index (χ3n) is 2.51. The fraction of sp³-hybridized carbons (Fsp3) is 0.0714. The lowest BCUT2D eigenvalue weighted by Crippen LogP contribution is -2.06. The Morgan fingerprint density at radius 1 is 1.06 bits per heavy atom. The quantitative estimate of drug-likeness (QED) is 0.778. The van der Waals surface area contributed by atoms with Gasteiger partial charge in [0.05, 0.1) is 5.56 Å². The van der Waals surface area contributed by atoms with Crippen molar-refractivity contribution in [3.8, 4) is 0 Å². The number of benzene rings is 2. The molecule has 2 aromatic rings. The minimum atomic E-state index is -0.696. The predicted octanol–water partition coefficient (Wildman–Crippen LogP) is 4.15. The minimum Gasteiger partial charge on any atom is -0.294 e. The number of ketones is 1. The molecule has 0 aliphatic rings. The Morgan fingerprint density at radius 3 is 2.39 bits per heavy atom. The van der Waals surface area contributed by atoms with E-state index in [1.807, 2.05) is 0 Å². The van der Waals surface area contributed by atoms with E-state index >= 15 is 0 Å². The third kappa shape index (κ3) is 3.01. The molecule has 2 rings (SSSR count). The van der Waals surface area contributed by atoms with E-state index in [9.17, 15) is 13.6 Å². The van der Waals surface area contributed by atoms with E-state index in [1.54, 1.807) is 24.3 Å². The first kappa shape index (κ1) is 12.9. The van der Waals surface area contributed by atoms with Crippen molar-refractivity contribution in [1.82, 2.24) is 0 Å². The molecule has 0 aromatic heterocycles. The molecular weight excluding hydrogens is 302 g/mol. The highest BCUT2D eigenvalue weighted by molar-refractivity contribution is 9.10. The van der Waals surface area contributed by atoms with Crippen LogP contribution in [0.4, 0.5) is 8.78 Å². The normalized spacial score (nSPS) is 10.4. The number of hydrogen-bond acceptors (Lipinski definition) is 1. The van der Waals surface area contributed by atoms with Crippen LogP contribution in [0.15, 0.2) is 46.9 Å². The summed E-state index contributed by atoms with van der Waals surface area (Å²) >= 11 is 3.28. The molecule has 0 saturated carbocycles. The smallest absolute Gasteiger partial charge is 0.170 e. The number of Topliss-reactive ketones (excluding diaryl/α,β-unsaturated/α-hetero) is 1. The maximum atomic E-state index is 13.4. The summed E-state index contributed by atoms with van der Waals surface area (Å²) < 4.78 is 27.3. The van der Waals surface area contributed by atoms with Crippen molar-refractivity contribution in [3.63, 3.8) is 0 Å². The summed E-state index contributed by atoms with van der Waals surface area (Å²) in [4.78, 5) is 11.9. The van der Waals surface area contributed by atoms with E-state index in [0.717, 1.165) is 28.2 Å². The number of carbonyl (C=O) groups excluding carboxylic acids is 1. The topological polar surface area (TPSA) is 17.1 Å². The Morgan fingerprint density at radius 2 is 1.72 bits per heavy atom. The van der Waals surface area contributed by atoms with Crippen LogP contribution in [0, 0.1) is 11.6 Å². The number of hydrogen-bond donors (Lipinski definition) is 0. The largest absolute Gasteiger partial charge is 0.294 e. The molecule has 0 amide bonds. The van der Waals surface area contributed by atoms with Gasteiger partial charge in [-0.2, -0.15) is 0 Å². The van der Waals surface area contributed by atoms with Crippen LogP contribution in [-0.2, 0) is 6.42 Å². The van der Waals surface area contributed by atoms with Crippen molar-refractivity contribution in [2.24, 2.45) is 0 Å². The second-order valence-electron chi connectivity index (χ2n) is 3.85. The number of halogens is 3. The Kier molecular flexibility index (Phi) is 3.87. The van der Waals surface area contributed by atoms with E-state index < -0.39 is 17.4 Å². The van der Waals surface area contributed by atoms with Crippen molar-refractivity contribution >= 4 is 21.7 Å². The van der Waals surface area contributed by atoms with E-state index in [0.29, 0.717) is 0 Å². The summed E-state index contributed by atoms with van der Waals surface area (Å²) in [7, 11) is 0. The van der Waals surface area contributed by atoms with Crippen molar-refractivity contribution in [2.45, 2.75) is 6.42 Å². The van der Waals surface area contributed by atoms with Gasteiger partial charge < -0.3 is 0 Å². The standard InChI is InChI=1S/C14H9BrF2O/c15-10-3-1-9(2-4-10)7-14(18)12-8-11(16)5-6-13(12)17/h1-6,8H,7H2. The molecule has 0 fully saturated rings. The SMILES string of the molecule is O=C(Cc1ccc(Br)cc1)c1cc(F)ccc1F. The predicted molar refractivity (Wildman–Crippen MR) is 68.5 cm³/mol. The Hall–Kier alpha value is -1.55. The van der Waals surface area contributed by atoms with Gasteiger partial charge in [0, 0.05) is 10.9 Å². The first-order chi connectivity index (χ1) is 8.56. The van der Waals surface area contributed by atoms with E-state index in [2.05, 4.69) is 15.9 Å². The minimum absolute atomic E-state index is 0.0493. The molecule has 18 heavy (non-hydrogen) atoms. The van der Waals surface area contributed by atoms with Gasteiger partial charge in [-0.05, 0) is 35.9 Å². The van der Waals surface area contributed by atoms with Gasteiger partial charge in [-0.1, -0.05) is 28.1 Å². The second kappa shape index (κ2) is 5.40. The highest BCUT2D eigenvalue weighted by Gasteiger charge is 2.13. The molecule has 0 radical (unpaired) electrons. The zero-order valence-corrected chi connectivity index (χ0v) is 10.9. The lowest BCUT2D eigenvalue weighted by molar-refractivity contribution is 0.0988. The first-order valence-electron chi connectivity index (χ1n) is 5.29. The molecule has 0 spiro atoms. The molecule has 0 heterocycles. The molecule has 0 aliphatic carbocycles. The Labute approximate surface area is 112 Å². The summed E-state index contributed by atoms with van der Waals surface area (Å²) in [6.07, 6.45) is 0.0493. The monoisotopic (exact) mass is 310 g/mol. The molecule has 0 aliphatic heterocycles. The molecule has 0 bridgehead atoms. The van der Waals surface area contributed by atoms with Crippen LogP contribution in [0.5, 0.6) is 0 Å². The summed E-state index contributed by atoms with van der Waals surface area (Å²) in [5.74, 6) is -1.75. The van der Waals surface area contributed by atoms with Crippen LogP contribution in [0.25, 0.3) is 0 Å². The zero-order chi connectivity index (χ0) is 13.1. The van der Waals surface area contributed by atoms with Crippen molar-refractivity contribution in [3.05, 3.63) is 69.7 Å². The van der Waals surface area contributed by atoms with Gasteiger partial charge in [0.25, 0.3) is 0 Å². The lowest BCUT2D eigenvalue weighted by atomic mass is 10.0.